The average Bonchev–Trinajstić information content (AvgIpc) is 2.70. The molecule has 2 rings (SSSR count). The Balaban J connectivity index is 1.99. The van der Waals surface area contributed by atoms with Crippen molar-refractivity contribution in [3.8, 4) is 0 Å². The Bertz CT molecular complexity index is 688. The number of carbonyl (C=O) groups is 4. The lowest BCUT2D eigenvalue weighted by molar-refractivity contribution is -0.137. The van der Waals surface area contributed by atoms with Gasteiger partial charge in [0.25, 0.3) is 11.8 Å². The summed E-state index contributed by atoms with van der Waals surface area (Å²) in [4.78, 5) is 47.7. The zero-order valence-electron chi connectivity index (χ0n) is 12.3. The van der Waals surface area contributed by atoms with E-state index < -0.39 is 23.7 Å². The highest BCUT2D eigenvalue weighted by Gasteiger charge is 2.36. The highest BCUT2D eigenvalue weighted by molar-refractivity contribution is 9.10. The molecule has 7 nitrogen and oxygen atoms in total. The summed E-state index contributed by atoms with van der Waals surface area (Å²) in [6, 6.07) is 4.38. The third-order valence-electron chi connectivity index (χ3n) is 3.43. The van der Waals surface area contributed by atoms with Crippen LogP contribution >= 0.6 is 15.9 Å². The quantitative estimate of drug-likeness (QED) is 0.723. The van der Waals surface area contributed by atoms with Crippen LogP contribution in [-0.2, 0) is 9.59 Å². The molecule has 1 aliphatic rings. The molecule has 1 atom stereocenters. The third kappa shape index (κ3) is 3.95. The maximum atomic E-state index is 12.2. The van der Waals surface area contributed by atoms with E-state index in [4.69, 9.17) is 5.11 Å². The SMILES string of the molecule is CC(CCC(=O)O)NC(=O)CN1C(=O)c2ccc(Br)cc2C1=O. The molecule has 8 heteroatoms. The number of nitrogens with one attached hydrogen (secondary N) is 1. The van der Waals surface area contributed by atoms with Crippen LogP contribution in [0.1, 0.15) is 40.5 Å². The molecule has 1 aromatic rings. The van der Waals surface area contributed by atoms with Crippen LogP contribution in [0.4, 0.5) is 0 Å². The molecule has 23 heavy (non-hydrogen) atoms. The minimum Gasteiger partial charge on any atom is -0.481 e. The molecule has 1 aliphatic heterocycles. The standard InChI is InChI=1S/C15H15BrN2O5/c1-8(2-5-13(20)21)17-12(19)7-18-14(22)10-4-3-9(16)6-11(10)15(18)23/h3-4,6,8H,2,5,7H2,1H3,(H,17,19)(H,20,21). The van der Waals surface area contributed by atoms with Gasteiger partial charge in [0.1, 0.15) is 6.54 Å². The molecule has 0 saturated heterocycles. The second kappa shape index (κ2) is 6.91. The molecular weight excluding hydrogens is 368 g/mol. The van der Waals surface area contributed by atoms with Crippen LogP contribution in [0.2, 0.25) is 0 Å². The van der Waals surface area contributed by atoms with Crippen molar-refractivity contribution < 1.29 is 24.3 Å². The van der Waals surface area contributed by atoms with E-state index in [0.717, 1.165) is 4.90 Å². The van der Waals surface area contributed by atoms with Crippen molar-refractivity contribution in [2.45, 2.75) is 25.8 Å². The second-order valence-electron chi connectivity index (χ2n) is 5.29. The Morgan fingerprint density at radius 2 is 1.91 bits per heavy atom. The number of fused-ring (bicyclic) bond motifs is 1. The average molecular weight is 383 g/mol. The molecule has 2 N–H and O–H groups in total. The van der Waals surface area contributed by atoms with Gasteiger partial charge in [0, 0.05) is 16.9 Å². The number of carboxylic acids is 1. The van der Waals surface area contributed by atoms with Gasteiger partial charge in [0.2, 0.25) is 5.91 Å². The first-order valence-corrected chi connectivity index (χ1v) is 7.75. The fourth-order valence-electron chi connectivity index (χ4n) is 2.28. The third-order valence-corrected chi connectivity index (χ3v) is 3.93. The van der Waals surface area contributed by atoms with E-state index in [-0.39, 0.29) is 36.6 Å². The van der Waals surface area contributed by atoms with Crippen LogP contribution in [0.25, 0.3) is 0 Å². The van der Waals surface area contributed by atoms with Gasteiger partial charge in [-0.1, -0.05) is 15.9 Å². The number of amides is 3. The van der Waals surface area contributed by atoms with Gasteiger partial charge in [0.15, 0.2) is 0 Å². The summed E-state index contributed by atoms with van der Waals surface area (Å²) in [7, 11) is 0. The van der Waals surface area contributed by atoms with Crippen LogP contribution in [0.15, 0.2) is 22.7 Å². The van der Waals surface area contributed by atoms with Gasteiger partial charge >= 0.3 is 5.97 Å². The number of carbonyl (C=O) groups excluding carboxylic acids is 3. The molecule has 1 aromatic carbocycles. The molecule has 0 aliphatic carbocycles. The van der Waals surface area contributed by atoms with Crippen LogP contribution in [0.3, 0.4) is 0 Å². The predicted octanol–water partition coefficient (Wildman–Crippen LogP) is 1.41. The molecule has 0 saturated carbocycles. The van der Waals surface area contributed by atoms with Crippen LogP contribution < -0.4 is 5.32 Å². The Kier molecular flexibility index (Phi) is 5.15. The van der Waals surface area contributed by atoms with E-state index in [9.17, 15) is 19.2 Å². The number of carboxylic acid groups (broad SMARTS) is 1. The van der Waals surface area contributed by atoms with E-state index in [1.165, 1.54) is 6.07 Å². The maximum Gasteiger partial charge on any atom is 0.303 e. The number of hydrogen-bond donors (Lipinski definition) is 2. The summed E-state index contributed by atoms with van der Waals surface area (Å²) < 4.78 is 0.672. The van der Waals surface area contributed by atoms with Gasteiger partial charge in [-0.05, 0) is 31.5 Å². The first kappa shape index (κ1) is 17.1. The van der Waals surface area contributed by atoms with Crippen molar-refractivity contribution in [3.05, 3.63) is 33.8 Å². The number of aliphatic carboxylic acids is 1. The molecule has 1 unspecified atom stereocenters. The topological polar surface area (TPSA) is 104 Å². The molecule has 3 amide bonds. The van der Waals surface area contributed by atoms with Crippen molar-refractivity contribution in [2.24, 2.45) is 0 Å². The number of imide groups is 1. The maximum absolute atomic E-state index is 12.2. The Hall–Kier alpha value is -2.22. The first-order valence-electron chi connectivity index (χ1n) is 6.96. The molecule has 0 radical (unpaired) electrons. The molecule has 122 valence electrons. The summed E-state index contributed by atoms with van der Waals surface area (Å²) in [6.45, 7) is 1.28. The predicted molar refractivity (Wildman–Crippen MR) is 84.0 cm³/mol. The molecule has 1 heterocycles. The lowest BCUT2D eigenvalue weighted by Crippen LogP contribution is -2.43. The number of rotatable bonds is 6. The van der Waals surface area contributed by atoms with E-state index in [1.807, 2.05) is 0 Å². The van der Waals surface area contributed by atoms with Crippen molar-refractivity contribution >= 4 is 39.6 Å². The highest BCUT2D eigenvalue weighted by atomic mass is 79.9. The fraction of sp³-hybridized carbons (Fsp3) is 0.333. The minimum absolute atomic E-state index is 0.0670. The molecule has 0 bridgehead atoms. The Morgan fingerprint density at radius 3 is 2.57 bits per heavy atom. The molecule has 0 spiro atoms. The Morgan fingerprint density at radius 1 is 1.26 bits per heavy atom. The lowest BCUT2D eigenvalue weighted by atomic mass is 10.1. The zero-order valence-corrected chi connectivity index (χ0v) is 13.9. The molecule has 0 aromatic heterocycles. The van der Waals surface area contributed by atoms with Gasteiger partial charge in [0.05, 0.1) is 11.1 Å². The van der Waals surface area contributed by atoms with Crippen LogP contribution in [-0.4, -0.2) is 46.3 Å². The zero-order chi connectivity index (χ0) is 17.1. The van der Waals surface area contributed by atoms with Crippen molar-refractivity contribution in [1.29, 1.82) is 0 Å². The summed E-state index contributed by atoms with van der Waals surface area (Å²) in [5.41, 5.74) is 0.529. The van der Waals surface area contributed by atoms with Crippen molar-refractivity contribution in [3.63, 3.8) is 0 Å². The van der Waals surface area contributed by atoms with Crippen molar-refractivity contribution in [1.82, 2.24) is 10.2 Å². The number of nitrogens with zero attached hydrogens (tertiary/aromatic N) is 1. The van der Waals surface area contributed by atoms with Gasteiger partial charge < -0.3 is 10.4 Å². The summed E-state index contributed by atoms with van der Waals surface area (Å²) in [5, 5.41) is 11.2. The van der Waals surface area contributed by atoms with E-state index in [2.05, 4.69) is 21.2 Å². The van der Waals surface area contributed by atoms with Gasteiger partial charge in [-0.15, -0.1) is 0 Å². The number of benzene rings is 1. The monoisotopic (exact) mass is 382 g/mol. The van der Waals surface area contributed by atoms with E-state index in [0.29, 0.717) is 4.47 Å². The smallest absolute Gasteiger partial charge is 0.303 e. The summed E-state index contributed by atoms with van der Waals surface area (Å²) >= 11 is 3.24. The largest absolute Gasteiger partial charge is 0.481 e. The number of halogens is 1. The lowest BCUT2D eigenvalue weighted by Gasteiger charge is -2.17. The Labute approximate surface area is 140 Å². The van der Waals surface area contributed by atoms with E-state index >= 15 is 0 Å². The number of hydrogen-bond acceptors (Lipinski definition) is 4. The van der Waals surface area contributed by atoms with Gasteiger partial charge in [-0.3, -0.25) is 24.1 Å². The molecular formula is C15H15BrN2O5. The van der Waals surface area contributed by atoms with Crippen LogP contribution in [0.5, 0.6) is 0 Å². The van der Waals surface area contributed by atoms with E-state index in [1.54, 1.807) is 19.1 Å². The first-order chi connectivity index (χ1) is 10.8. The summed E-state index contributed by atoms with van der Waals surface area (Å²) in [6.07, 6.45) is 0.207. The highest BCUT2D eigenvalue weighted by Crippen LogP contribution is 2.25. The molecule has 0 fully saturated rings. The summed E-state index contributed by atoms with van der Waals surface area (Å²) in [5.74, 6) is -2.47. The van der Waals surface area contributed by atoms with Crippen LogP contribution in [0, 0.1) is 0 Å². The fourth-order valence-corrected chi connectivity index (χ4v) is 2.64. The normalized spacial score (nSPS) is 14.6. The van der Waals surface area contributed by atoms with Crippen molar-refractivity contribution in [2.75, 3.05) is 6.54 Å². The second-order valence-corrected chi connectivity index (χ2v) is 6.20. The van der Waals surface area contributed by atoms with Gasteiger partial charge in [-0.25, -0.2) is 0 Å². The minimum atomic E-state index is -0.947. The van der Waals surface area contributed by atoms with Gasteiger partial charge in [-0.2, -0.15) is 0 Å².